The van der Waals surface area contributed by atoms with Crippen LogP contribution in [0.15, 0.2) is 18.9 Å². The second kappa shape index (κ2) is 6.40. The minimum atomic E-state index is 0.714. The molecule has 94 valence electrons. The lowest BCUT2D eigenvalue weighted by molar-refractivity contribution is 0.699. The Morgan fingerprint density at radius 2 is 2.53 bits per heavy atom. The largest absolute Gasteiger partial charge is 0.352 e. The van der Waals surface area contributed by atoms with Gasteiger partial charge in [-0.15, -0.1) is 6.58 Å². The summed E-state index contributed by atoms with van der Waals surface area (Å²) in [6.45, 7) is 7.58. The average Bonchev–Trinajstić information content (AvgIpc) is 2.68. The summed E-state index contributed by atoms with van der Waals surface area (Å²) >= 11 is 4.14. The summed E-state index contributed by atoms with van der Waals surface area (Å²) in [4.78, 5) is 4.50. The number of hydrogen-bond acceptors (Lipinski definition) is 4. The molecule has 3 nitrogen and oxygen atoms in total. The average molecular weight is 269 g/mol. The van der Waals surface area contributed by atoms with E-state index in [1.165, 1.54) is 17.3 Å². The molecule has 1 aliphatic heterocycles. The summed E-state index contributed by atoms with van der Waals surface area (Å²) in [7, 11) is 0. The predicted octanol–water partition coefficient (Wildman–Crippen LogP) is 2.64. The lowest BCUT2D eigenvalue weighted by atomic mass is 10.4. The van der Waals surface area contributed by atoms with Gasteiger partial charge in [-0.25, -0.2) is 4.98 Å². The number of rotatable bonds is 5. The van der Waals surface area contributed by atoms with Gasteiger partial charge in [0, 0.05) is 41.8 Å². The van der Waals surface area contributed by atoms with E-state index in [-0.39, 0.29) is 0 Å². The molecule has 0 saturated carbocycles. The highest BCUT2D eigenvalue weighted by Gasteiger charge is 2.16. The molecule has 0 radical (unpaired) electrons. The number of aromatic nitrogens is 2. The Labute approximate surface area is 111 Å². The van der Waals surface area contributed by atoms with E-state index in [1.807, 2.05) is 13.0 Å². The van der Waals surface area contributed by atoms with Crippen molar-refractivity contribution in [2.45, 2.75) is 18.7 Å². The van der Waals surface area contributed by atoms with Gasteiger partial charge < -0.3 is 9.88 Å². The lowest BCUT2D eigenvalue weighted by Crippen LogP contribution is -2.21. The number of imidazole rings is 1. The van der Waals surface area contributed by atoms with E-state index in [9.17, 15) is 0 Å². The summed E-state index contributed by atoms with van der Waals surface area (Å²) in [5.74, 6) is 4.80. The van der Waals surface area contributed by atoms with Crippen molar-refractivity contribution in [3.8, 4) is 0 Å². The number of nitrogens with zero attached hydrogens (tertiary/aromatic N) is 2. The van der Waals surface area contributed by atoms with Crippen molar-refractivity contribution in [2.24, 2.45) is 0 Å². The summed E-state index contributed by atoms with van der Waals surface area (Å²) in [6.07, 6.45) is 3.99. The molecule has 1 aliphatic rings. The van der Waals surface area contributed by atoms with Crippen molar-refractivity contribution in [2.75, 3.05) is 29.1 Å². The Bertz CT molecular complexity index is 370. The maximum Gasteiger partial charge on any atom is 0.203 e. The first kappa shape index (κ1) is 12.9. The van der Waals surface area contributed by atoms with Crippen molar-refractivity contribution >= 4 is 29.5 Å². The SMILES string of the molecule is C=CCNc1nc(C)cn1CC1CSCCS1. The predicted molar refractivity (Wildman–Crippen MR) is 79.2 cm³/mol. The first-order valence-corrected chi connectivity index (χ1v) is 8.08. The fraction of sp³-hybridized carbons (Fsp3) is 0.583. The third-order valence-electron chi connectivity index (χ3n) is 2.59. The molecule has 1 saturated heterocycles. The zero-order valence-electron chi connectivity index (χ0n) is 10.2. The molecular weight excluding hydrogens is 250 g/mol. The van der Waals surface area contributed by atoms with Gasteiger partial charge in [0.2, 0.25) is 5.95 Å². The highest BCUT2D eigenvalue weighted by Crippen LogP contribution is 2.26. The van der Waals surface area contributed by atoms with Crippen LogP contribution in [-0.2, 0) is 6.54 Å². The van der Waals surface area contributed by atoms with Crippen LogP contribution in [0.5, 0.6) is 0 Å². The molecule has 1 aromatic rings. The van der Waals surface area contributed by atoms with Crippen LogP contribution in [-0.4, -0.2) is 38.6 Å². The quantitative estimate of drug-likeness (QED) is 0.832. The van der Waals surface area contributed by atoms with Crippen LogP contribution in [0.25, 0.3) is 0 Å². The van der Waals surface area contributed by atoms with Gasteiger partial charge in [-0.3, -0.25) is 0 Å². The molecule has 1 atom stereocenters. The van der Waals surface area contributed by atoms with Crippen LogP contribution in [0.2, 0.25) is 0 Å². The van der Waals surface area contributed by atoms with Gasteiger partial charge >= 0.3 is 0 Å². The van der Waals surface area contributed by atoms with Gasteiger partial charge in [-0.1, -0.05) is 6.08 Å². The third-order valence-corrected chi connectivity index (χ3v) is 5.41. The monoisotopic (exact) mass is 269 g/mol. The standard InChI is InChI=1S/C12H19N3S2/c1-3-4-13-12-14-10(2)7-15(12)8-11-9-16-5-6-17-11/h3,7,11H,1,4-6,8-9H2,2H3,(H,13,14). The number of hydrogen-bond donors (Lipinski definition) is 1. The summed E-state index contributed by atoms with van der Waals surface area (Å²) in [5.41, 5.74) is 1.07. The summed E-state index contributed by atoms with van der Waals surface area (Å²) in [5, 5.41) is 4.01. The highest BCUT2D eigenvalue weighted by molar-refractivity contribution is 8.06. The van der Waals surface area contributed by atoms with Crippen molar-refractivity contribution in [3.63, 3.8) is 0 Å². The molecular formula is C12H19N3S2. The number of aryl methyl sites for hydroxylation is 1. The number of thioether (sulfide) groups is 2. The second-order valence-electron chi connectivity index (χ2n) is 4.10. The van der Waals surface area contributed by atoms with Crippen LogP contribution in [0, 0.1) is 6.92 Å². The molecule has 1 unspecified atom stereocenters. The number of nitrogens with one attached hydrogen (secondary N) is 1. The topological polar surface area (TPSA) is 29.9 Å². The first-order chi connectivity index (χ1) is 8.29. The number of anilines is 1. The normalized spacial score (nSPS) is 20.2. The molecule has 2 rings (SSSR count). The van der Waals surface area contributed by atoms with E-state index in [0.29, 0.717) is 5.25 Å². The zero-order valence-corrected chi connectivity index (χ0v) is 11.8. The first-order valence-electron chi connectivity index (χ1n) is 5.87. The van der Waals surface area contributed by atoms with Crippen LogP contribution >= 0.6 is 23.5 Å². The Kier molecular flexibility index (Phi) is 4.86. The molecule has 0 aliphatic carbocycles. The van der Waals surface area contributed by atoms with Crippen molar-refractivity contribution in [1.29, 1.82) is 0 Å². The summed E-state index contributed by atoms with van der Waals surface area (Å²) < 4.78 is 2.24. The van der Waals surface area contributed by atoms with E-state index >= 15 is 0 Å². The smallest absolute Gasteiger partial charge is 0.203 e. The van der Waals surface area contributed by atoms with E-state index in [0.717, 1.165) is 24.7 Å². The molecule has 2 heterocycles. The van der Waals surface area contributed by atoms with Crippen LogP contribution < -0.4 is 5.32 Å². The molecule has 0 spiro atoms. The maximum atomic E-state index is 4.50. The molecule has 1 N–H and O–H groups in total. The van der Waals surface area contributed by atoms with E-state index < -0.39 is 0 Å². The lowest BCUT2D eigenvalue weighted by Gasteiger charge is -2.22. The van der Waals surface area contributed by atoms with Gasteiger partial charge in [-0.05, 0) is 6.92 Å². The van der Waals surface area contributed by atoms with Crippen molar-refractivity contribution in [1.82, 2.24) is 9.55 Å². The van der Waals surface area contributed by atoms with E-state index in [2.05, 4.69) is 51.2 Å². The molecule has 0 amide bonds. The van der Waals surface area contributed by atoms with E-state index in [4.69, 9.17) is 0 Å². The molecule has 5 heteroatoms. The van der Waals surface area contributed by atoms with Gasteiger partial charge in [0.05, 0.1) is 5.69 Å². The Morgan fingerprint density at radius 1 is 1.65 bits per heavy atom. The maximum absolute atomic E-state index is 4.50. The van der Waals surface area contributed by atoms with Gasteiger partial charge in [0.15, 0.2) is 0 Å². The van der Waals surface area contributed by atoms with Crippen LogP contribution in [0.1, 0.15) is 5.69 Å². The van der Waals surface area contributed by atoms with Gasteiger partial charge in [0.1, 0.15) is 0 Å². The zero-order chi connectivity index (χ0) is 12.1. The molecule has 0 aromatic carbocycles. The van der Waals surface area contributed by atoms with Crippen LogP contribution in [0.4, 0.5) is 5.95 Å². The van der Waals surface area contributed by atoms with E-state index in [1.54, 1.807) is 0 Å². The fourth-order valence-corrected chi connectivity index (χ4v) is 4.52. The Hall–Kier alpha value is -0.550. The van der Waals surface area contributed by atoms with Crippen LogP contribution in [0.3, 0.4) is 0 Å². The minimum Gasteiger partial charge on any atom is -0.352 e. The van der Waals surface area contributed by atoms with Gasteiger partial charge in [-0.2, -0.15) is 23.5 Å². The molecule has 0 bridgehead atoms. The summed E-state index contributed by atoms with van der Waals surface area (Å²) in [6, 6.07) is 0. The van der Waals surface area contributed by atoms with Gasteiger partial charge in [0.25, 0.3) is 0 Å². The second-order valence-corrected chi connectivity index (χ2v) is 6.65. The molecule has 1 aromatic heterocycles. The highest BCUT2D eigenvalue weighted by atomic mass is 32.2. The minimum absolute atomic E-state index is 0.714. The van der Waals surface area contributed by atoms with Crippen molar-refractivity contribution < 1.29 is 0 Å². The molecule has 17 heavy (non-hydrogen) atoms. The third kappa shape index (κ3) is 3.71. The Morgan fingerprint density at radius 3 is 3.24 bits per heavy atom. The fourth-order valence-electron chi connectivity index (χ4n) is 1.85. The van der Waals surface area contributed by atoms with Crippen molar-refractivity contribution in [3.05, 3.63) is 24.5 Å². The molecule has 1 fully saturated rings. The Balaban J connectivity index is 2.00.